The van der Waals surface area contributed by atoms with Crippen molar-refractivity contribution in [1.82, 2.24) is 14.7 Å². The summed E-state index contributed by atoms with van der Waals surface area (Å²) in [4.78, 5) is 14.6. The second kappa shape index (κ2) is 8.69. The quantitative estimate of drug-likeness (QED) is 0.637. The van der Waals surface area contributed by atoms with Crippen LogP contribution in [0.4, 0.5) is 4.39 Å². The van der Waals surface area contributed by atoms with Gasteiger partial charge in [0.15, 0.2) is 0 Å². The van der Waals surface area contributed by atoms with Crippen molar-refractivity contribution in [2.24, 2.45) is 7.05 Å². The van der Waals surface area contributed by atoms with Gasteiger partial charge in [-0.05, 0) is 48.7 Å². The third-order valence-corrected chi connectivity index (χ3v) is 5.80. The van der Waals surface area contributed by atoms with Crippen LogP contribution in [-0.4, -0.2) is 40.8 Å². The number of benzene rings is 2. The van der Waals surface area contributed by atoms with Crippen LogP contribution < -0.4 is 4.74 Å². The van der Waals surface area contributed by atoms with Gasteiger partial charge in [-0.15, -0.1) is 0 Å². The largest absolute Gasteiger partial charge is 0.497 e. The summed E-state index contributed by atoms with van der Waals surface area (Å²) in [5, 5.41) is 4.67. The Bertz CT molecular complexity index is 1020. The molecule has 1 fully saturated rings. The van der Waals surface area contributed by atoms with Gasteiger partial charge >= 0.3 is 0 Å². The molecular weight excluding hydrogens is 381 g/mol. The molecule has 0 unspecified atom stereocenters. The van der Waals surface area contributed by atoms with E-state index in [0.717, 1.165) is 54.2 Å². The number of rotatable bonds is 5. The maximum absolute atomic E-state index is 13.6. The predicted octanol–water partition coefficient (Wildman–Crippen LogP) is 4.18. The highest BCUT2D eigenvalue weighted by Crippen LogP contribution is 2.30. The van der Waals surface area contributed by atoms with Gasteiger partial charge in [0.25, 0.3) is 0 Å². The highest BCUT2D eigenvalue weighted by atomic mass is 19.1. The minimum Gasteiger partial charge on any atom is -0.497 e. The SMILES string of the molecule is COc1ccc(CC(=O)N2CCC(c3cc(-c4cccc(F)c4)n(C)n3)CC2)cc1. The van der Waals surface area contributed by atoms with Gasteiger partial charge in [0, 0.05) is 31.6 Å². The number of aromatic nitrogens is 2. The molecule has 0 saturated carbocycles. The molecule has 5 nitrogen and oxygen atoms in total. The van der Waals surface area contributed by atoms with Crippen molar-refractivity contribution in [3.8, 4) is 17.0 Å². The molecule has 0 radical (unpaired) electrons. The van der Waals surface area contributed by atoms with Gasteiger partial charge in [0.05, 0.1) is 24.9 Å². The summed E-state index contributed by atoms with van der Waals surface area (Å²) >= 11 is 0. The van der Waals surface area contributed by atoms with Crippen molar-refractivity contribution in [3.05, 3.63) is 71.7 Å². The minimum absolute atomic E-state index is 0.153. The lowest BCUT2D eigenvalue weighted by molar-refractivity contribution is -0.131. The Morgan fingerprint density at radius 1 is 1.13 bits per heavy atom. The third-order valence-electron chi connectivity index (χ3n) is 5.80. The number of methoxy groups -OCH3 is 1. The molecule has 2 heterocycles. The number of piperidine rings is 1. The second-order valence-corrected chi connectivity index (χ2v) is 7.77. The fraction of sp³-hybridized carbons (Fsp3) is 0.333. The summed E-state index contributed by atoms with van der Waals surface area (Å²) < 4.78 is 20.6. The Hall–Kier alpha value is -3.15. The minimum atomic E-state index is -0.251. The molecule has 1 aromatic heterocycles. The van der Waals surface area contributed by atoms with Crippen molar-refractivity contribution >= 4 is 5.91 Å². The molecule has 1 aliphatic heterocycles. The topological polar surface area (TPSA) is 47.4 Å². The Labute approximate surface area is 176 Å². The highest BCUT2D eigenvalue weighted by molar-refractivity contribution is 5.79. The monoisotopic (exact) mass is 407 g/mol. The van der Waals surface area contributed by atoms with Crippen LogP contribution in [-0.2, 0) is 18.3 Å². The maximum atomic E-state index is 13.6. The number of ether oxygens (including phenoxy) is 1. The first-order valence-electron chi connectivity index (χ1n) is 10.2. The number of hydrogen-bond donors (Lipinski definition) is 0. The van der Waals surface area contributed by atoms with Gasteiger partial charge in [-0.1, -0.05) is 24.3 Å². The Balaban J connectivity index is 1.37. The lowest BCUT2D eigenvalue weighted by Crippen LogP contribution is -2.38. The van der Waals surface area contributed by atoms with Crippen LogP contribution in [0, 0.1) is 5.82 Å². The van der Waals surface area contributed by atoms with Crippen LogP contribution in [0.1, 0.15) is 30.0 Å². The second-order valence-electron chi connectivity index (χ2n) is 7.77. The molecule has 1 amide bonds. The Morgan fingerprint density at radius 2 is 1.87 bits per heavy atom. The number of halogens is 1. The van der Waals surface area contributed by atoms with Gasteiger partial charge in [-0.25, -0.2) is 4.39 Å². The first kappa shape index (κ1) is 20.1. The lowest BCUT2D eigenvalue weighted by atomic mass is 9.92. The number of carbonyl (C=O) groups is 1. The first-order valence-corrected chi connectivity index (χ1v) is 10.2. The summed E-state index contributed by atoms with van der Waals surface area (Å²) in [5.41, 5.74) is 3.73. The molecule has 0 atom stereocenters. The number of amides is 1. The number of aryl methyl sites for hydroxylation is 1. The van der Waals surface area contributed by atoms with E-state index in [1.807, 2.05) is 53.0 Å². The Kier molecular flexibility index (Phi) is 5.84. The van der Waals surface area contributed by atoms with Gasteiger partial charge < -0.3 is 9.64 Å². The van der Waals surface area contributed by atoms with E-state index >= 15 is 0 Å². The van der Waals surface area contributed by atoms with Crippen LogP contribution in [0.15, 0.2) is 54.6 Å². The fourth-order valence-electron chi connectivity index (χ4n) is 4.06. The summed E-state index contributed by atoms with van der Waals surface area (Å²) in [6, 6.07) is 16.3. The molecule has 0 bridgehead atoms. The molecule has 1 aliphatic rings. The van der Waals surface area contributed by atoms with Crippen molar-refractivity contribution in [1.29, 1.82) is 0 Å². The lowest BCUT2D eigenvalue weighted by Gasteiger charge is -2.31. The van der Waals surface area contributed by atoms with E-state index < -0.39 is 0 Å². The molecule has 2 aromatic carbocycles. The molecule has 0 aliphatic carbocycles. The summed E-state index contributed by atoms with van der Waals surface area (Å²) in [5.74, 6) is 1.00. The van der Waals surface area contributed by atoms with Gasteiger partial charge in [0.1, 0.15) is 11.6 Å². The molecule has 1 saturated heterocycles. The molecule has 3 aromatic rings. The van der Waals surface area contributed by atoms with Crippen LogP contribution in [0.3, 0.4) is 0 Å². The molecule has 156 valence electrons. The fourth-order valence-corrected chi connectivity index (χ4v) is 4.06. The van der Waals surface area contributed by atoms with E-state index in [-0.39, 0.29) is 11.7 Å². The van der Waals surface area contributed by atoms with Crippen molar-refractivity contribution < 1.29 is 13.9 Å². The number of hydrogen-bond acceptors (Lipinski definition) is 3. The Morgan fingerprint density at radius 3 is 2.53 bits per heavy atom. The van der Waals surface area contributed by atoms with Gasteiger partial charge in [-0.3, -0.25) is 9.48 Å². The maximum Gasteiger partial charge on any atom is 0.226 e. The standard InChI is InChI=1S/C24H26FN3O2/c1-27-23(19-4-3-5-20(25)15-19)16-22(26-27)18-10-12-28(13-11-18)24(29)14-17-6-8-21(30-2)9-7-17/h3-9,15-16,18H,10-14H2,1-2H3. The van der Waals surface area contributed by atoms with E-state index in [1.165, 1.54) is 12.1 Å². The normalized spacial score (nSPS) is 14.7. The third kappa shape index (κ3) is 4.37. The zero-order valence-electron chi connectivity index (χ0n) is 17.3. The van der Waals surface area contributed by atoms with Crippen LogP contribution in [0.25, 0.3) is 11.3 Å². The smallest absolute Gasteiger partial charge is 0.226 e. The van der Waals surface area contributed by atoms with Crippen LogP contribution >= 0.6 is 0 Å². The molecule has 0 spiro atoms. The summed E-state index contributed by atoms with van der Waals surface area (Å²) in [7, 11) is 3.52. The van der Waals surface area contributed by atoms with Gasteiger partial charge in [0.2, 0.25) is 5.91 Å². The van der Waals surface area contributed by atoms with Crippen molar-refractivity contribution in [3.63, 3.8) is 0 Å². The number of nitrogens with zero attached hydrogens (tertiary/aromatic N) is 3. The summed E-state index contributed by atoms with van der Waals surface area (Å²) in [6.07, 6.45) is 2.17. The van der Waals surface area contributed by atoms with E-state index in [9.17, 15) is 9.18 Å². The van der Waals surface area contributed by atoms with E-state index in [2.05, 4.69) is 5.10 Å². The average molecular weight is 407 g/mol. The van der Waals surface area contributed by atoms with Gasteiger partial charge in [-0.2, -0.15) is 5.10 Å². The van der Waals surface area contributed by atoms with E-state index in [4.69, 9.17) is 4.74 Å². The van der Waals surface area contributed by atoms with Crippen LogP contribution in [0.5, 0.6) is 5.75 Å². The first-order chi connectivity index (χ1) is 14.5. The molecule has 0 N–H and O–H groups in total. The zero-order valence-corrected chi connectivity index (χ0v) is 17.3. The van der Waals surface area contributed by atoms with Crippen molar-refractivity contribution in [2.75, 3.05) is 20.2 Å². The zero-order chi connectivity index (χ0) is 21.1. The van der Waals surface area contributed by atoms with E-state index in [1.54, 1.807) is 13.2 Å². The molecule has 6 heteroatoms. The number of likely N-dealkylation sites (tertiary alicyclic amines) is 1. The average Bonchev–Trinajstić information content (AvgIpc) is 3.16. The molecular formula is C24H26FN3O2. The van der Waals surface area contributed by atoms with E-state index in [0.29, 0.717) is 12.3 Å². The van der Waals surface area contributed by atoms with Crippen LogP contribution in [0.2, 0.25) is 0 Å². The highest BCUT2D eigenvalue weighted by Gasteiger charge is 2.26. The number of carbonyl (C=O) groups excluding carboxylic acids is 1. The molecule has 4 rings (SSSR count). The summed E-state index contributed by atoms with van der Waals surface area (Å²) in [6.45, 7) is 1.46. The predicted molar refractivity (Wildman–Crippen MR) is 114 cm³/mol. The molecule has 30 heavy (non-hydrogen) atoms. The van der Waals surface area contributed by atoms with Crippen molar-refractivity contribution in [2.45, 2.75) is 25.2 Å².